The minimum absolute atomic E-state index is 0.0196. The fourth-order valence-corrected chi connectivity index (χ4v) is 4.60. The van der Waals surface area contributed by atoms with Gasteiger partial charge >= 0.3 is 0 Å². The fourth-order valence-electron chi connectivity index (χ4n) is 2.96. The number of fused-ring (bicyclic) bond motifs is 1. The molecule has 0 aliphatic rings. The van der Waals surface area contributed by atoms with Crippen LogP contribution in [0.15, 0.2) is 70.6 Å². The Morgan fingerprint density at radius 2 is 1.58 bits per heavy atom. The Labute approximate surface area is 153 Å². The van der Waals surface area contributed by atoms with Gasteiger partial charge in [-0.25, -0.2) is 8.42 Å². The van der Waals surface area contributed by atoms with Crippen LogP contribution in [0.1, 0.15) is 24.2 Å². The molecule has 0 aliphatic heterocycles. The second-order valence-corrected chi connectivity index (χ2v) is 7.70. The third kappa shape index (κ3) is 3.08. The molecule has 0 spiro atoms. The van der Waals surface area contributed by atoms with Crippen molar-refractivity contribution < 1.29 is 13.2 Å². The van der Waals surface area contributed by atoms with E-state index in [1.807, 2.05) is 13.8 Å². The fraction of sp³-hybridized carbons (Fsp3) is 0.200. The van der Waals surface area contributed by atoms with E-state index in [2.05, 4.69) is 4.98 Å². The predicted molar refractivity (Wildman–Crippen MR) is 101 cm³/mol. The molecular formula is C20H20N2O3S. The molecule has 0 radical (unpaired) electrons. The van der Waals surface area contributed by atoms with Crippen molar-refractivity contribution in [1.82, 2.24) is 9.88 Å². The van der Waals surface area contributed by atoms with Gasteiger partial charge in [0.05, 0.1) is 20.9 Å². The number of hydrogen-bond acceptors (Lipinski definition) is 4. The van der Waals surface area contributed by atoms with Crippen LogP contribution >= 0.6 is 0 Å². The molecule has 0 saturated carbocycles. The lowest BCUT2D eigenvalue weighted by atomic mass is 10.1. The van der Waals surface area contributed by atoms with E-state index in [9.17, 15) is 13.2 Å². The first kappa shape index (κ1) is 18.1. The number of hydrogen-bond donors (Lipinski definition) is 0. The normalized spacial score (nSPS) is 11.5. The zero-order chi connectivity index (χ0) is 18.7. The number of sulfone groups is 1. The lowest BCUT2D eigenvalue weighted by Crippen LogP contribution is -2.31. The van der Waals surface area contributed by atoms with Gasteiger partial charge in [0.1, 0.15) is 0 Å². The summed E-state index contributed by atoms with van der Waals surface area (Å²) in [6.07, 6.45) is 1.37. The summed E-state index contributed by atoms with van der Waals surface area (Å²) >= 11 is 0. The molecule has 0 saturated heterocycles. The van der Waals surface area contributed by atoms with E-state index < -0.39 is 9.84 Å². The third-order valence-electron chi connectivity index (χ3n) is 4.33. The lowest BCUT2D eigenvalue weighted by molar-refractivity contribution is 0.0769. The molecule has 26 heavy (non-hydrogen) atoms. The first-order valence-electron chi connectivity index (χ1n) is 8.47. The second-order valence-electron chi connectivity index (χ2n) is 5.81. The van der Waals surface area contributed by atoms with E-state index in [-0.39, 0.29) is 21.3 Å². The zero-order valence-corrected chi connectivity index (χ0v) is 15.5. The average Bonchev–Trinajstić information content (AvgIpc) is 2.68. The Morgan fingerprint density at radius 1 is 0.962 bits per heavy atom. The molecule has 1 amide bonds. The highest BCUT2D eigenvalue weighted by atomic mass is 32.2. The largest absolute Gasteiger partial charge is 0.339 e. The Kier molecular flexibility index (Phi) is 5.04. The molecule has 0 fully saturated rings. The van der Waals surface area contributed by atoms with Crippen LogP contribution in [-0.4, -0.2) is 37.3 Å². The van der Waals surface area contributed by atoms with Crippen LogP contribution < -0.4 is 0 Å². The Hall–Kier alpha value is -2.73. The van der Waals surface area contributed by atoms with E-state index in [4.69, 9.17) is 0 Å². The quantitative estimate of drug-likeness (QED) is 0.691. The topological polar surface area (TPSA) is 67.3 Å². The summed E-state index contributed by atoms with van der Waals surface area (Å²) < 4.78 is 26.7. The van der Waals surface area contributed by atoms with E-state index in [1.165, 1.54) is 18.3 Å². The number of benzene rings is 2. The average molecular weight is 368 g/mol. The molecule has 1 aromatic heterocycles. The lowest BCUT2D eigenvalue weighted by Gasteiger charge is -2.21. The summed E-state index contributed by atoms with van der Waals surface area (Å²) in [5.74, 6) is -0.331. The van der Waals surface area contributed by atoms with Crippen LogP contribution in [-0.2, 0) is 9.84 Å². The van der Waals surface area contributed by atoms with Gasteiger partial charge < -0.3 is 4.90 Å². The van der Waals surface area contributed by atoms with Crippen molar-refractivity contribution in [2.24, 2.45) is 0 Å². The van der Waals surface area contributed by atoms with Crippen LogP contribution in [0.3, 0.4) is 0 Å². The molecule has 1 heterocycles. The van der Waals surface area contributed by atoms with E-state index in [1.54, 1.807) is 47.4 Å². The van der Waals surface area contributed by atoms with Crippen molar-refractivity contribution in [2.75, 3.05) is 13.1 Å². The molecule has 2 aromatic carbocycles. The van der Waals surface area contributed by atoms with Crippen LogP contribution in [0, 0.1) is 0 Å². The highest BCUT2D eigenvalue weighted by molar-refractivity contribution is 7.91. The molecule has 0 unspecified atom stereocenters. The maximum absolute atomic E-state index is 13.4. The SMILES string of the molecule is CCN(CC)C(=O)c1cnc2ccccc2c1S(=O)(=O)c1ccccc1. The number of rotatable bonds is 5. The number of nitrogens with zero attached hydrogens (tertiary/aromatic N) is 2. The third-order valence-corrected chi connectivity index (χ3v) is 6.20. The van der Waals surface area contributed by atoms with Crippen molar-refractivity contribution in [3.63, 3.8) is 0 Å². The summed E-state index contributed by atoms with van der Waals surface area (Å²) in [4.78, 5) is 19.1. The molecule has 5 nitrogen and oxygen atoms in total. The predicted octanol–water partition coefficient (Wildman–Crippen LogP) is 3.55. The van der Waals surface area contributed by atoms with E-state index in [0.29, 0.717) is 24.0 Å². The van der Waals surface area contributed by atoms with Crippen LogP contribution in [0.2, 0.25) is 0 Å². The highest BCUT2D eigenvalue weighted by Gasteiger charge is 2.29. The minimum Gasteiger partial charge on any atom is -0.339 e. The molecule has 3 rings (SSSR count). The van der Waals surface area contributed by atoms with E-state index in [0.717, 1.165) is 0 Å². The second kappa shape index (κ2) is 7.25. The highest BCUT2D eigenvalue weighted by Crippen LogP contribution is 2.31. The minimum atomic E-state index is -3.88. The maximum atomic E-state index is 13.4. The molecule has 3 aromatic rings. The summed E-state index contributed by atoms with van der Waals surface area (Å²) in [5.41, 5.74) is 0.648. The summed E-state index contributed by atoms with van der Waals surface area (Å²) in [7, 11) is -3.88. The first-order chi connectivity index (χ1) is 12.5. The number of carbonyl (C=O) groups excluding carboxylic acids is 1. The zero-order valence-electron chi connectivity index (χ0n) is 14.7. The van der Waals surface area contributed by atoms with Crippen molar-refractivity contribution >= 4 is 26.6 Å². The van der Waals surface area contributed by atoms with Gasteiger partial charge in [-0.3, -0.25) is 9.78 Å². The van der Waals surface area contributed by atoms with Gasteiger partial charge in [0.25, 0.3) is 5.91 Å². The van der Waals surface area contributed by atoms with Crippen LogP contribution in [0.4, 0.5) is 0 Å². The summed E-state index contributed by atoms with van der Waals surface area (Å²) in [6, 6.07) is 15.1. The van der Waals surface area contributed by atoms with Gasteiger partial charge in [0.2, 0.25) is 9.84 Å². The first-order valence-corrected chi connectivity index (χ1v) is 9.96. The Morgan fingerprint density at radius 3 is 2.23 bits per heavy atom. The van der Waals surface area contributed by atoms with E-state index >= 15 is 0 Å². The summed E-state index contributed by atoms with van der Waals surface area (Å²) in [6.45, 7) is 4.71. The smallest absolute Gasteiger partial charge is 0.256 e. The molecule has 0 aliphatic carbocycles. The number of pyridine rings is 1. The number of carbonyl (C=O) groups is 1. The standard InChI is InChI=1S/C20H20N2O3S/c1-3-22(4-2)20(23)17-14-21-18-13-9-8-12-16(18)19(17)26(24,25)15-10-6-5-7-11-15/h5-14H,3-4H2,1-2H3. The van der Waals surface area contributed by atoms with Crippen molar-refractivity contribution in [3.8, 4) is 0 Å². The molecule has 0 bridgehead atoms. The molecule has 6 heteroatoms. The van der Waals surface area contributed by atoms with Crippen LogP contribution in [0.5, 0.6) is 0 Å². The van der Waals surface area contributed by atoms with Crippen molar-refractivity contribution in [2.45, 2.75) is 23.6 Å². The Bertz CT molecular complexity index is 1040. The van der Waals surface area contributed by atoms with Gasteiger partial charge in [-0.2, -0.15) is 0 Å². The van der Waals surface area contributed by atoms with Gasteiger partial charge in [-0.1, -0.05) is 36.4 Å². The number of amides is 1. The van der Waals surface area contributed by atoms with Crippen molar-refractivity contribution in [3.05, 3.63) is 66.4 Å². The molecule has 0 atom stereocenters. The monoisotopic (exact) mass is 368 g/mol. The maximum Gasteiger partial charge on any atom is 0.256 e. The molecule has 134 valence electrons. The van der Waals surface area contributed by atoms with Crippen molar-refractivity contribution in [1.29, 1.82) is 0 Å². The molecule has 0 N–H and O–H groups in total. The summed E-state index contributed by atoms with van der Waals surface area (Å²) in [5, 5.41) is 0.453. The number of aromatic nitrogens is 1. The van der Waals surface area contributed by atoms with Gasteiger partial charge in [-0.05, 0) is 32.0 Å². The Balaban J connectivity index is 2.35. The molecular weight excluding hydrogens is 348 g/mol. The number of para-hydroxylation sites is 1. The van der Waals surface area contributed by atoms with Gasteiger partial charge in [0, 0.05) is 24.7 Å². The van der Waals surface area contributed by atoms with Gasteiger partial charge in [0.15, 0.2) is 0 Å². The van der Waals surface area contributed by atoms with Gasteiger partial charge in [-0.15, -0.1) is 0 Å². The van der Waals surface area contributed by atoms with Crippen LogP contribution in [0.25, 0.3) is 10.9 Å².